The maximum Gasteiger partial charge on any atom is 0.270 e. The van der Waals surface area contributed by atoms with Crippen molar-refractivity contribution in [2.75, 3.05) is 13.2 Å². The van der Waals surface area contributed by atoms with Crippen LogP contribution in [0.4, 0.5) is 0 Å². The highest BCUT2D eigenvalue weighted by Gasteiger charge is 2.49. The third kappa shape index (κ3) is 3.14. The van der Waals surface area contributed by atoms with E-state index in [0.717, 1.165) is 18.3 Å². The SMILES string of the molecule is CCOCC(CC1CC2CC1C(C)C2C)S(=O)(=O)O. The van der Waals surface area contributed by atoms with Gasteiger partial charge in [0.15, 0.2) is 0 Å². The Bertz CT molecular complexity index is 404. The summed E-state index contributed by atoms with van der Waals surface area (Å²) in [5, 5.41) is -0.751. The van der Waals surface area contributed by atoms with Gasteiger partial charge in [-0.15, -0.1) is 0 Å². The second kappa shape index (κ2) is 5.70. The van der Waals surface area contributed by atoms with E-state index in [1.165, 1.54) is 6.42 Å². The van der Waals surface area contributed by atoms with Crippen LogP contribution in [-0.4, -0.2) is 31.4 Å². The lowest BCUT2D eigenvalue weighted by atomic mass is 9.74. The molecule has 2 fully saturated rings. The van der Waals surface area contributed by atoms with Crippen molar-refractivity contribution in [3.8, 4) is 0 Å². The standard InChI is InChI=1S/C14H26O4S/c1-4-18-8-13(19(15,16)17)6-12-5-11-7-14(12)10(3)9(11)2/h9-14H,4-8H2,1-3H3,(H,15,16,17). The molecule has 1 N–H and O–H groups in total. The van der Waals surface area contributed by atoms with E-state index in [9.17, 15) is 13.0 Å². The molecule has 2 bridgehead atoms. The number of hydrogen-bond acceptors (Lipinski definition) is 3. The first-order valence-electron chi connectivity index (χ1n) is 7.38. The zero-order valence-corrected chi connectivity index (χ0v) is 12.9. The Morgan fingerprint density at radius 3 is 2.42 bits per heavy atom. The smallest absolute Gasteiger partial charge is 0.270 e. The molecule has 19 heavy (non-hydrogen) atoms. The first kappa shape index (κ1) is 15.3. The van der Waals surface area contributed by atoms with Crippen molar-refractivity contribution in [3.63, 3.8) is 0 Å². The van der Waals surface area contributed by atoms with Crippen LogP contribution in [0.1, 0.15) is 40.0 Å². The van der Waals surface area contributed by atoms with E-state index in [0.29, 0.717) is 30.8 Å². The second-order valence-corrected chi connectivity index (χ2v) is 8.10. The zero-order chi connectivity index (χ0) is 14.2. The molecule has 112 valence electrons. The molecule has 2 rings (SSSR count). The molecule has 2 aliphatic rings. The van der Waals surface area contributed by atoms with Gasteiger partial charge in [0.1, 0.15) is 5.25 Å². The van der Waals surface area contributed by atoms with Crippen LogP contribution in [0.15, 0.2) is 0 Å². The van der Waals surface area contributed by atoms with Gasteiger partial charge in [-0.25, -0.2) is 0 Å². The molecule has 0 aromatic carbocycles. The van der Waals surface area contributed by atoms with Gasteiger partial charge in [0.2, 0.25) is 0 Å². The van der Waals surface area contributed by atoms with Gasteiger partial charge in [-0.2, -0.15) is 8.42 Å². The average molecular weight is 290 g/mol. The van der Waals surface area contributed by atoms with E-state index in [2.05, 4.69) is 13.8 Å². The molecule has 2 aliphatic carbocycles. The fourth-order valence-corrected chi connectivity index (χ4v) is 4.99. The maximum absolute atomic E-state index is 11.5. The Morgan fingerprint density at radius 1 is 1.26 bits per heavy atom. The molecular weight excluding hydrogens is 264 g/mol. The molecule has 0 amide bonds. The summed E-state index contributed by atoms with van der Waals surface area (Å²) in [6, 6.07) is 0. The fourth-order valence-electron chi connectivity index (χ4n) is 4.23. The first-order valence-corrected chi connectivity index (χ1v) is 8.89. The number of fused-ring (bicyclic) bond motifs is 2. The number of rotatable bonds is 6. The Balaban J connectivity index is 1.99. The zero-order valence-electron chi connectivity index (χ0n) is 12.1. The van der Waals surface area contributed by atoms with E-state index in [-0.39, 0.29) is 6.61 Å². The number of ether oxygens (including phenoxy) is 1. The lowest BCUT2D eigenvalue weighted by Gasteiger charge is -2.33. The van der Waals surface area contributed by atoms with Crippen LogP contribution in [0.3, 0.4) is 0 Å². The monoisotopic (exact) mass is 290 g/mol. The van der Waals surface area contributed by atoms with Crippen LogP contribution in [0, 0.1) is 29.6 Å². The van der Waals surface area contributed by atoms with Crippen LogP contribution >= 0.6 is 0 Å². The summed E-state index contributed by atoms with van der Waals surface area (Å²) in [4.78, 5) is 0. The van der Waals surface area contributed by atoms with Crippen molar-refractivity contribution in [1.82, 2.24) is 0 Å². The summed E-state index contributed by atoms with van der Waals surface area (Å²) in [5.41, 5.74) is 0. The quantitative estimate of drug-likeness (QED) is 0.764. The second-order valence-electron chi connectivity index (χ2n) is 6.41. The van der Waals surface area contributed by atoms with Crippen LogP contribution in [0.25, 0.3) is 0 Å². The van der Waals surface area contributed by atoms with Gasteiger partial charge in [-0.05, 0) is 55.8 Å². The molecular formula is C14H26O4S. The lowest BCUT2D eigenvalue weighted by molar-refractivity contribution is 0.124. The Morgan fingerprint density at radius 2 is 1.95 bits per heavy atom. The van der Waals surface area contributed by atoms with Crippen molar-refractivity contribution in [2.45, 2.75) is 45.3 Å². The molecule has 0 heterocycles. The summed E-state index contributed by atoms with van der Waals surface area (Å²) >= 11 is 0. The van der Waals surface area contributed by atoms with Crippen molar-refractivity contribution in [3.05, 3.63) is 0 Å². The van der Waals surface area contributed by atoms with Crippen LogP contribution < -0.4 is 0 Å². The molecule has 5 heteroatoms. The highest BCUT2D eigenvalue weighted by atomic mass is 32.2. The molecule has 0 spiro atoms. The summed E-state index contributed by atoms with van der Waals surface area (Å²) in [7, 11) is -4.00. The van der Waals surface area contributed by atoms with E-state index >= 15 is 0 Å². The van der Waals surface area contributed by atoms with Crippen LogP contribution in [0.2, 0.25) is 0 Å². The molecule has 0 radical (unpaired) electrons. The van der Waals surface area contributed by atoms with Gasteiger partial charge in [0.05, 0.1) is 6.61 Å². The molecule has 2 saturated carbocycles. The highest BCUT2D eigenvalue weighted by molar-refractivity contribution is 7.86. The van der Waals surface area contributed by atoms with Crippen molar-refractivity contribution in [1.29, 1.82) is 0 Å². The molecule has 0 aliphatic heterocycles. The van der Waals surface area contributed by atoms with Gasteiger partial charge in [0, 0.05) is 6.61 Å². The number of hydrogen-bond donors (Lipinski definition) is 1. The van der Waals surface area contributed by atoms with E-state index in [4.69, 9.17) is 4.74 Å². The summed E-state index contributed by atoms with van der Waals surface area (Å²) in [5.74, 6) is 3.25. The molecule has 6 atom stereocenters. The van der Waals surface area contributed by atoms with Crippen molar-refractivity contribution < 1.29 is 17.7 Å². The third-order valence-corrected chi connectivity index (χ3v) is 6.70. The van der Waals surface area contributed by atoms with Gasteiger partial charge < -0.3 is 4.74 Å². The molecule has 6 unspecified atom stereocenters. The summed E-state index contributed by atoms with van der Waals surface area (Å²) in [6.45, 7) is 7.03. The molecule has 4 nitrogen and oxygen atoms in total. The van der Waals surface area contributed by atoms with Crippen molar-refractivity contribution >= 4 is 10.1 Å². The Hall–Kier alpha value is -0.130. The lowest BCUT2D eigenvalue weighted by Crippen LogP contribution is -2.33. The normalized spacial score (nSPS) is 39.7. The predicted octanol–water partition coefficient (Wildman–Crippen LogP) is 2.60. The third-order valence-electron chi connectivity index (χ3n) is 5.53. The molecule has 0 aromatic heterocycles. The molecule has 0 saturated heterocycles. The average Bonchev–Trinajstić information content (AvgIpc) is 2.84. The molecule has 0 aromatic rings. The van der Waals surface area contributed by atoms with E-state index in [1.54, 1.807) is 0 Å². The predicted molar refractivity (Wildman–Crippen MR) is 74.5 cm³/mol. The first-order chi connectivity index (χ1) is 8.84. The largest absolute Gasteiger partial charge is 0.380 e. The topological polar surface area (TPSA) is 63.6 Å². The van der Waals surface area contributed by atoms with Crippen LogP contribution in [0.5, 0.6) is 0 Å². The van der Waals surface area contributed by atoms with E-state index in [1.807, 2.05) is 6.92 Å². The highest BCUT2D eigenvalue weighted by Crippen LogP contribution is 2.56. The Labute approximate surface area is 116 Å². The van der Waals surface area contributed by atoms with Crippen LogP contribution in [-0.2, 0) is 14.9 Å². The minimum atomic E-state index is -4.00. The van der Waals surface area contributed by atoms with Gasteiger partial charge in [-0.1, -0.05) is 13.8 Å². The van der Waals surface area contributed by atoms with E-state index < -0.39 is 15.4 Å². The summed E-state index contributed by atoms with van der Waals surface area (Å²) in [6.07, 6.45) is 2.91. The fraction of sp³-hybridized carbons (Fsp3) is 1.00. The maximum atomic E-state index is 11.5. The minimum Gasteiger partial charge on any atom is -0.380 e. The Kier molecular flexibility index (Phi) is 4.58. The minimum absolute atomic E-state index is 0.118. The van der Waals surface area contributed by atoms with Gasteiger partial charge in [-0.3, -0.25) is 4.55 Å². The van der Waals surface area contributed by atoms with Gasteiger partial charge in [0.25, 0.3) is 10.1 Å². The van der Waals surface area contributed by atoms with Gasteiger partial charge >= 0.3 is 0 Å². The van der Waals surface area contributed by atoms with Crippen molar-refractivity contribution in [2.24, 2.45) is 29.6 Å². The summed E-state index contributed by atoms with van der Waals surface area (Å²) < 4.78 is 37.5.